The van der Waals surface area contributed by atoms with Gasteiger partial charge in [0.05, 0.1) is 4.90 Å². The van der Waals surface area contributed by atoms with Crippen LogP contribution < -0.4 is 5.73 Å². The highest BCUT2D eigenvalue weighted by Crippen LogP contribution is 2.29. The fourth-order valence-corrected chi connectivity index (χ4v) is 2.54. The minimum Gasteiger partial charge on any atom is -0.328 e. The van der Waals surface area contributed by atoms with Crippen LogP contribution in [0.5, 0.6) is 0 Å². The van der Waals surface area contributed by atoms with E-state index in [-0.39, 0.29) is 11.9 Å². The first-order valence-electron chi connectivity index (χ1n) is 6.05. The van der Waals surface area contributed by atoms with E-state index in [2.05, 4.69) is 10.2 Å². The van der Waals surface area contributed by atoms with Crippen molar-refractivity contribution in [1.82, 2.24) is 14.8 Å². The summed E-state index contributed by atoms with van der Waals surface area (Å²) in [5, 5.41) is 8.64. The van der Waals surface area contributed by atoms with Gasteiger partial charge in [-0.3, -0.25) is 0 Å². The van der Waals surface area contributed by atoms with Crippen LogP contribution in [0.25, 0.3) is 0 Å². The Morgan fingerprint density at radius 2 is 2.16 bits per heavy atom. The molecule has 2 rings (SSSR count). The monoisotopic (exact) mass is 280 g/mol. The first-order valence-corrected chi connectivity index (χ1v) is 6.87. The maximum Gasteiger partial charge on any atom is 0.195 e. The molecule has 4 nitrogen and oxygen atoms in total. The van der Waals surface area contributed by atoms with Gasteiger partial charge in [-0.05, 0) is 49.7 Å². The minimum absolute atomic E-state index is 0.0271. The molecule has 6 heteroatoms. The molecule has 0 saturated carbocycles. The maximum atomic E-state index is 14.0. The van der Waals surface area contributed by atoms with Crippen LogP contribution in [0, 0.1) is 12.7 Å². The van der Waals surface area contributed by atoms with Crippen LogP contribution in [-0.2, 0) is 13.5 Å². The summed E-state index contributed by atoms with van der Waals surface area (Å²) in [5.74, 6) is 0.556. The molecule has 0 amide bonds. The average Bonchev–Trinajstić information content (AvgIpc) is 2.64. The molecule has 0 aliphatic rings. The number of hydrogen-bond donors (Lipinski definition) is 1. The molecule has 0 bridgehead atoms. The van der Waals surface area contributed by atoms with Crippen LogP contribution in [0.4, 0.5) is 4.39 Å². The molecule has 102 valence electrons. The number of halogens is 1. The highest BCUT2D eigenvalue weighted by atomic mass is 32.2. The molecule has 0 saturated heterocycles. The van der Waals surface area contributed by atoms with E-state index < -0.39 is 0 Å². The summed E-state index contributed by atoms with van der Waals surface area (Å²) in [5.41, 5.74) is 6.62. The van der Waals surface area contributed by atoms with Gasteiger partial charge in [-0.2, -0.15) is 0 Å². The molecular formula is C13H17FN4S. The molecule has 0 aliphatic carbocycles. The fourth-order valence-electron chi connectivity index (χ4n) is 1.70. The summed E-state index contributed by atoms with van der Waals surface area (Å²) in [6, 6.07) is 5.23. The second-order valence-electron chi connectivity index (χ2n) is 4.64. The summed E-state index contributed by atoms with van der Waals surface area (Å²) < 4.78 is 15.8. The zero-order valence-corrected chi connectivity index (χ0v) is 12.0. The quantitative estimate of drug-likeness (QED) is 0.933. The van der Waals surface area contributed by atoms with Crippen LogP contribution in [0.1, 0.15) is 18.3 Å². The Balaban J connectivity index is 2.20. The SMILES string of the molecule is Cc1nnc(Sc2ccc(CC(C)N)cc2F)n1C. The standard InChI is InChI=1S/C13H17FN4S/c1-8(15)6-10-4-5-12(11(14)7-10)19-13-17-16-9(2)18(13)3/h4-5,7-8H,6,15H2,1-3H3. The van der Waals surface area contributed by atoms with Crippen molar-refractivity contribution in [3.63, 3.8) is 0 Å². The Morgan fingerprint density at radius 1 is 1.42 bits per heavy atom. The second kappa shape index (κ2) is 5.71. The highest BCUT2D eigenvalue weighted by molar-refractivity contribution is 7.99. The zero-order chi connectivity index (χ0) is 14.0. The molecule has 0 radical (unpaired) electrons. The fraction of sp³-hybridized carbons (Fsp3) is 0.385. The molecule has 1 aromatic heterocycles. The number of benzene rings is 1. The number of aryl methyl sites for hydroxylation is 1. The predicted octanol–water partition coefficient (Wildman–Crippen LogP) is 2.30. The number of nitrogens with two attached hydrogens (primary N) is 1. The van der Waals surface area contributed by atoms with Crippen molar-refractivity contribution < 1.29 is 4.39 Å². The summed E-state index contributed by atoms with van der Waals surface area (Å²) in [4.78, 5) is 0.545. The smallest absolute Gasteiger partial charge is 0.195 e. The molecule has 1 aromatic carbocycles. The molecule has 2 N–H and O–H groups in total. The van der Waals surface area contributed by atoms with E-state index >= 15 is 0 Å². The molecule has 2 aromatic rings. The lowest BCUT2D eigenvalue weighted by Gasteiger charge is -2.08. The topological polar surface area (TPSA) is 56.7 Å². The lowest BCUT2D eigenvalue weighted by Crippen LogP contribution is -2.17. The van der Waals surface area contributed by atoms with Gasteiger partial charge in [-0.15, -0.1) is 10.2 Å². The Morgan fingerprint density at radius 3 is 2.68 bits per heavy atom. The largest absolute Gasteiger partial charge is 0.328 e. The molecule has 1 atom stereocenters. The summed E-state index contributed by atoms with van der Waals surface area (Å²) in [7, 11) is 1.86. The minimum atomic E-state index is -0.246. The Kier molecular flexibility index (Phi) is 4.21. The van der Waals surface area contributed by atoms with Gasteiger partial charge in [0, 0.05) is 13.1 Å². The third-order valence-electron chi connectivity index (χ3n) is 2.81. The van der Waals surface area contributed by atoms with E-state index in [0.29, 0.717) is 16.5 Å². The van der Waals surface area contributed by atoms with E-state index in [4.69, 9.17) is 5.73 Å². The summed E-state index contributed by atoms with van der Waals surface area (Å²) in [6.07, 6.45) is 0.672. The summed E-state index contributed by atoms with van der Waals surface area (Å²) >= 11 is 1.27. The van der Waals surface area contributed by atoms with Crippen molar-refractivity contribution >= 4 is 11.8 Å². The maximum absolute atomic E-state index is 14.0. The van der Waals surface area contributed by atoms with Gasteiger partial charge < -0.3 is 10.3 Å². The zero-order valence-electron chi connectivity index (χ0n) is 11.2. The normalized spacial score (nSPS) is 12.7. The second-order valence-corrected chi connectivity index (χ2v) is 5.65. The molecule has 1 unspecified atom stereocenters. The Bertz CT molecular complexity index is 580. The van der Waals surface area contributed by atoms with Crippen LogP contribution in [0.2, 0.25) is 0 Å². The lowest BCUT2D eigenvalue weighted by molar-refractivity contribution is 0.596. The highest BCUT2D eigenvalue weighted by Gasteiger charge is 2.11. The molecule has 0 aliphatic heterocycles. The van der Waals surface area contributed by atoms with E-state index in [9.17, 15) is 4.39 Å². The number of aromatic nitrogens is 3. The first kappa shape index (κ1) is 14.0. The molecule has 19 heavy (non-hydrogen) atoms. The lowest BCUT2D eigenvalue weighted by atomic mass is 10.1. The van der Waals surface area contributed by atoms with Gasteiger partial charge in [-0.1, -0.05) is 6.07 Å². The average molecular weight is 280 g/mol. The first-order chi connectivity index (χ1) is 8.97. The number of rotatable bonds is 4. The molecule has 1 heterocycles. The van der Waals surface area contributed by atoms with Gasteiger partial charge >= 0.3 is 0 Å². The van der Waals surface area contributed by atoms with Crippen molar-refractivity contribution in [3.05, 3.63) is 35.4 Å². The Hall–Kier alpha value is -1.40. The molecular weight excluding hydrogens is 263 g/mol. The Labute approximate surface area is 116 Å². The van der Waals surface area contributed by atoms with E-state index in [1.165, 1.54) is 17.8 Å². The van der Waals surface area contributed by atoms with Crippen molar-refractivity contribution in [2.24, 2.45) is 12.8 Å². The molecule has 0 fully saturated rings. The van der Waals surface area contributed by atoms with E-state index in [1.54, 1.807) is 6.07 Å². The van der Waals surface area contributed by atoms with Crippen LogP contribution in [0.15, 0.2) is 28.3 Å². The van der Waals surface area contributed by atoms with E-state index in [1.807, 2.05) is 31.5 Å². The van der Waals surface area contributed by atoms with E-state index in [0.717, 1.165) is 11.4 Å². The van der Waals surface area contributed by atoms with Crippen molar-refractivity contribution in [2.75, 3.05) is 0 Å². The van der Waals surface area contributed by atoms with Crippen molar-refractivity contribution in [3.8, 4) is 0 Å². The van der Waals surface area contributed by atoms with Gasteiger partial charge in [0.15, 0.2) is 5.16 Å². The van der Waals surface area contributed by atoms with Crippen LogP contribution in [-0.4, -0.2) is 20.8 Å². The third-order valence-corrected chi connectivity index (χ3v) is 3.90. The van der Waals surface area contributed by atoms with Gasteiger partial charge in [0.25, 0.3) is 0 Å². The number of nitrogens with zero attached hydrogens (tertiary/aromatic N) is 3. The third kappa shape index (κ3) is 3.33. The summed E-state index contributed by atoms with van der Waals surface area (Å²) in [6.45, 7) is 3.77. The molecule has 0 spiro atoms. The van der Waals surface area contributed by atoms with Gasteiger partial charge in [-0.25, -0.2) is 4.39 Å². The van der Waals surface area contributed by atoms with Crippen LogP contribution in [0.3, 0.4) is 0 Å². The predicted molar refractivity (Wildman–Crippen MR) is 73.6 cm³/mol. The number of hydrogen-bond acceptors (Lipinski definition) is 4. The van der Waals surface area contributed by atoms with Gasteiger partial charge in [0.1, 0.15) is 11.6 Å². The van der Waals surface area contributed by atoms with Crippen LogP contribution >= 0.6 is 11.8 Å². The van der Waals surface area contributed by atoms with Crippen molar-refractivity contribution in [2.45, 2.75) is 36.4 Å². The van der Waals surface area contributed by atoms with Crippen molar-refractivity contribution in [1.29, 1.82) is 0 Å². The van der Waals surface area contributed by atoms with Gasteiger partial charge in [0.2, 0.25) is 0 Å².